The molecule has 2 rings (SSSR count). The Balaban J connectivity index is 2.22. The Hall–Kier alpha value is -3.66. The van der Waals surface area contributed by atoms with Gasteiger partial charge in [0.1, 0.15) is 5.75 Å². The Bertz CT molecular complexity index is 889. The van der Waals surface area contributed by atoms with Gasteiger partial charge in [-0.1, -0.05) is 42.5 Å². The van der Waals surface area contributed by atoms with Crippen molar-refractivity contribution >= 4 is 17.8 Å². The number of nitrogens with zero attached hydrogens (tertiary/aromatic N) is 1. The van der Waals surface area contributed by atoms with Gasteiger partial charge in [-0.25, -0.2) is 0 Å². The van der Waals surface area contributed by atoms with Gasteiger partial charge in [0.2, 0.25) is 5.91 Å². The first-order valence-corrected chi connectivity index (χ1v) is 8.51. The van der Waals surface area contributed by atoms with E-state index < -0.39 is 29.6 Å². The molecule has 0 saturated heterocycles. The molecule has 0 spiro atoms. The first-order chi connectivity index (χ1) is 13.5. The molecule has 2 atom stereocenters. The highest BCUT2D eigenvalue weighted by atomic mass is 16.5. The number of methoxy groups -OCH3 is 2. The standard InChI is InChI=1S/C21H20N2O5/c1-27-18-11-7-6-10-15(18)20(25)23-19(24)12-16(14-8-4-3-5-9-14)17(13-22)21(26)28-2/h3-11,16-17H,12H2,1-2H3,(H,23,24,25)/t16-,17?/m0/s1. The molecular formula is C21H20N2O5. The van der Waals surface area contributed by atoms with Crippen molar-refractivity contribution in [1.82, 2.24) is 5.32 Å². The second-order valence-corrected chi connectivity index (χ2v) is 5.93. The minimum atomic E-state index is -1.18. The van der Waals surface area contributed by atoms with Crippen LogP contribution in [0.2, 0.25) is 0 Å². The fraction of sp³-hybridized carbons (Fsp3) is 0.238. The summed E-state index contributed by atoms with van der Waals surface area (Å²) in [4.78, 5) is 36.9. The lowest BCUT2D eigenvalue weighted by Crippen LogP contribution is -2.34. The molecule has 2 aromatic carbocycles. The molecule has 7 heteroatoms. The summed E-state index contributed by atoms with van der Waals surface area (Å²) in [6, 6.07) is 17.1. The third-order valence-corrected chi connectivity index (χ3v) is 4.23. The molecule has 0 heterocycles. The average molecular weight is 380 g/mol. The largest absolute Gasteiger partial charge is 0.496 e. The van der Waals surface area contributed by atoms with E-state index in [1.54, 1.807) is 48.5 Å². The van der Waals surface area contributed by atoms with E-state index in [1.807, 2.05) is 6.07 Å². The normalized spacial score (nSPS) is 12.2. The Morgan fingerprint density at radius 2 is 1.68 bits per heavy atom. The summed E-state index contributed by atoms with van der Waals surface area (Å²) in [5.74, 6) is -3.59. The molecule has 144 valence electrons. The molecule has 0 bridgehead atoms. The molecule has 1 N–H and O–H groups in total. The number of nitrogens with one attached hydrogen (secondary N) is 1. The Labute approximate surface area is 162 Å². The minimum Gasteiger partial charge on any atom is -0.496 e. The van der Waals surface area contributed by atoms with Crippen LogP contribution in [0.5, 0.6) is 5.75 Å². The van der Waals surface area contributed by atoms with Crippen LogP contribution >= 0.6 is 0 Å². The summed E-state index contributed by atoms with van der Waals surface area (Å²) in [6.07, 6.45) is -0.238. The van der Waals surface area contributed by atoms with Crippen LogP contribution < -0.4 is 10.1 Å². The van der Waals surface area contributed by atoms with Crippen molar-refractivity contribution in [3.8, 4) is 11.8 Å². The SMILES string of the molecule is COC(=O)C(C#N)[C@@H](CC(=O)NC(=O)c1ccccc1OC)c1ccccc1. The Morgan fingerprint density at radius 3 is 2.29 bits per heavy atom. The van der Waals surface area contributed by atoms with Crippen LogP contribution in [0, 0.1) is 17.2 Å². The van der Waals surface area contributed by atoms with E-state index in [0.717, 1.165) is 0 Å². The second kappa shape index (κ2) is 9.88. The van der Waals surface area contributed by atoms with Crippen molar-refractivity contribution in [3.63, 3.8) is 0 Å². The van der Waals surface area contributed by atoms with Crippen molar-refractivity contribution in [2.45, 2.75) is 12.3 Å². The van der Waals surface area contributed by atoms with Crippen molar-refractivity contribution in [2.24, 2.45) is 5.92 Å². The number of hydrogen-bond acceptors (Lipinski definition) is 6. The molecular weight excluding hydrogens is 360 g/mol. The van der Waals surface area contributed by atoms with Gasteiger partial charge in [-0.3, -0.25) is 19.7 Å². The fourth-order valence-corrected chi connectivity index (χ4v) is 2.84. The number of para-hydroxylation sites is 1. The van der Waals surface area contributed by atoms with Gasteiger partial charge in [-0.05, 0) is 17.7 Å². The van der Waals surface area contributed by atoms with Crippen LogP contribution in [-0.2, 0) is 14.3 Å². The van der Waals surface area contributed by atoms with Crippen molar-refractivity contribution in [3.05, 3.63) is 65.7 Å². The zero-order chi connectivity index (χ0) is 20.5. The van der Waals surface area contributed by atoms with E-state index in [2.05, 4.69) is 5.32 Å². The third-order valence-electron chi connectivity index (χ3n) is 4.23. The number of hydrogen-bond donors (Lipinski definition) is 1. The molecule has 0 aliphatic carbocycles. The van der Waals surface area contributed by atoms with Crippen LogP contribution in [0.1, 0.15) is 28.3 Å². The van der Waals surface area contributed by atoms with Crippen LogP contribution in [0.3, 0.4) is 0 Å². The van der Waals surface area contributed by atoms with Gasteiger partial charge in [0.05, 0.1) is 25.9 Å². The summed E-state index contributed by atoms with van der Waals surface area (Å²) in [6.45, 7) is 0. The number of carbonyl (C=O) groups is 3. The molecule has 0 aliphatic heterocycles. The maximum Gasteiger partial charge on any atom is 0.323 e. The quantitative estimate of drug-likeness (QED) is 0.740. The van der Waals surface area contributed by atoms with Gasteiger partial charge in [-0.15, -0.1) is 0 Å². The van der Waals surface area contributed by atoms with Gasteiger partial charge in [0.25, 0.3) is 5.91 Å². The van der Waals surface area contributed by atoms with Crippen LogP contribution in [0.25, 0.3) is 0 Å². The third kappa shape index (κ3) is 4.95. The number of benzene rings is 2. The number of nitriles is 1. The lowest BCUT2D eigenvalue weighted by Gasteiger charge is -2.20. The summed E-state index contributed by atoms with van der Waals surface area (Å²) in [5, 5.41) is 11.7. The molecule has 0 aliphatic rings. The van der Waals surface area contributed by atoms with Gasteiger partial charge < -0.3 is 9.47 Å². The molecule has 28 heavy (non-hydrogen) atoms. The summed E-state index contributed by atoms with van der Waals surface area (Å²) in [7, 11) is 2.60. The van der Waals surface area contributed by atoms with Crippen molar-refractivity contribution < 1.29 is 23.9 Å². The molecule has 0 aromatic heterocycles. The highest BCUT2D eigenvalue weighted by Crippen LogP contribution is 2.29. The predicted molar refractivity (Wildman–Crippen MR) is 100 cm³/mol. The predicted octanol–water partition coefficient (Wildman–Crippen LogP) is 2.44. The Morgan fingerprint density at radius 1 is 1.04 bits per heavy atom. The topological polar surface area (TPSA) is 105 Å². The Kier molecular flexibility index (Phi) is 7.28. The molecule has 2 aromatic rings. The summed E-state index contributed by atoms with van der Waals surface area (Å²) in [5.41, 5.74) is 0.832. The number of ether oxygens (including phenoxy) is 2. The zero-order valence-electron chi connectivity index (χ0n) is 15.5. The lowest BCUT2D eigenvalue weighted by molar-refractivity contribution is -0.144. The van der Waals surface area contributed by atoms with Gasteiger partial charge in [0.15, 0.2) is 5.92 Å². The highest BCUT2D eigenvalue weighted by Gasteiger charge is 2.32. The maximum atomic E-state index is 12.5. The molecule has 0 saturated carbocycles. The van der Waals surface area contributed by atoms with E-state index in [1.165, 1.54) is 20.3 Å². The lowest BCUT2D eigenvalue weighted by atomic mass is 9.84. The molecule has 0 radical (unpaired) electrons. The van der Waals surface area contributed by atoms with Crippen LogP contribution in [0.15, 0.2) is 54.6 Å². The molecule has 1 unspecified atom stereocenters. The monoisotopic (exact) mass is 380 g/mol. The van der Waals surface area contributed by atoms with Gasteiger partial charge >= 0.3 is 5.97 Å². The fourth-order valence-electron chi connectivity index (χ4n) is 2.84. The molecule has 7 nitrogen and oxygen atoms in total. The van der Waals surface area contributed by atoms with E-state index in [0.29, 0.717) is 11.3 Å². The maximum absolute atomic E-state index is 12.5. The first kappa shape index (κ1) is 20.6. The van der Waals surface area contributed by atoms with E-state index in [9.17, 15) is 19.6 Å². The molecule has 0 fully saturated rings. The minimum absolute atomic E-state index is 0.208. The number of rotatable bonds is 7. The highest BCUT2D eigenvalue weighted by molar-refractivity contribution is 6.06. The number of carbonyl (C=O) groups excluding carboxylic acids is 3. The van der Waals surface area contributed by atoms with Crippen molar-refractivity contribution in [2.75, 3.05) is 14.2 Å². The van der Waals surface area contributed by atoms with Crippen LogP contribution in [0.4, 0.5) is 0 Å². The summed E-state index contributed by atoms with van der Waals surface area (Å²) >= 11 is 0. The van der Waals surface area contributed by atoms with Crippen molar-refractivity contribution in [1.29, 1.82) is 5.26 Å². The summed E-state index contributed by atoms with van der Waals surface area (Å²) < 4.78 is 9.82. The zero-order valence-corrected chi connectivity index (χ0v) is 15.5. The van der Waals surface area contributed by atoms with E-state index >= 15 is 0 Å². The van der Waals surface area contributed by atoms with Gasteiger partial charge in [0, 0.05) is 12.3 Å². The smallest absolute Gasteiger partial charge is 0.323 e. The van der Waals surface area contributed by atoms with Gasteiger partial charge in [-0.2, -0.15) is 5.26 Å². The second-order valence-electron chi connectivity index (χ2n) is 5.93. The first-order valence-electron chi connectivity index (χ1n) is 8.51. The number of esters is 1. The van der Waals surface area contributed by atoms with E-state index in [4.69, 9.17) is 9.47 Å². The van der Waals surface area contributed by atoms with Crippen LogP contribution in [-0.4, -0.2) is 32.0 Å². The molecule has 2 amide bonds. The number of amides is 2. The van der Waals surface area contributed by atoms with E-state index in [-0.39, 0.29) is 12.0 Å². The number of imide groups is 1. The average Bonchev–Trinajstić information content (AvgIpc) is 2.73.